The van der Waals surface area contributed by atoms with Crippen LogP contribution in [0.25, 0.3) is 48.7 Å². The second-order valence-corrected chi connectivity index (χ2v) is 35.1. The van der Waals surface area contributed by atoms with Gasteiger partial charge in [-0.3, -0.25) is 0 Å². The summed E-state index contributed by atoms with van der Waals surface area (Å²) in [5, 5.41) is 11.5. The Balaban J connectivity index is 1.15. The van der Waals surface area contributed by atoms with Crippen LogP contribution >= 0.6 is 22.7 Å². The molecule has 0 N–H and O–H groups in total. The summed E-state index contributed by atoms with van der Waals surface area (Å²) in [6, 6.07) is 16.2. The Morgan fingerprint density at radius 2 is 0.422 bits per heavy atom. The quantitative estimate of drug-likeness (QED) is 0.0264. The monoisotopic (exact) mass is 1400 g/mol. The van der Waals surface area contributed by atoms with E-state index in [1.807, 2.05) is 0 Å². The van der Waals surface area contributed by atoms with Crippen LogP contribution in [-0.4, -0.2) is 29.0 Å². The molecule has 0 fully saturated rings. The third-order valence-electron chi connectivity index (χ3n) is 20.7. The first-order chi connectivity index (χ1) is 44.7. The summed E-state index contributed by atoms with van der Waals surface area (Å²) in [5.41, 5.74) is 6.66. The molecular formula is C86H140S2Se2. The van der Waals surface area contributed by atoms with E-state index in [0.29, 0.717) is 29.0 Å². The van der Waals surface area contributed by atoms with Crippen LogP contribution in [0.4, 0.5) is 0 Å². The molecule has 4 aromatic heterocycles. The summed E-state index contributed by atoms with van der Waals surface area (Å²) < 4.78 is 6.87. The van der Waals surface area contributed by atoms with Gasteiger partial charge in [0.05, 0.1) is 0 Å². The molecule has 0 spiro atoms. The van der Waals surface area contributed by atoms with Crippen LogP contribution in [0.5, 0.6) is 0 Å². The van der Waals surface area contributed by atoms with Crippen molar-refractivity contribution in [3.05, 3.63) is 69.4 Å². The Labute approximate surface area is 578 Å². The average molecular weight is 1400 g/mol. The van der Waals surface area contributed by atoms with Crippen LogP contribution in [0.15, 0.2) is 47.2 Å². The SMILES string of the molecule is CCCCCCCCCCCCCCCCc1ccsc1-c1cc2c(CCCCCCCCCCCCCCCC)cc3c(cc(CCCCCCCCCCCCCCCC)c4cc(-c5sccc5CCCCCCCCCCCCCCCC)[se]c43)c2[se]1. The number of unbranched alkanes of at least 4 members (excludes halogenated alkanes) is 52. The van der Waals surface area contributed by atoms with E-state index in [-0.39, 0.29) is 0 Å². The zero-order valence-electron chi connectivity index (χ0n) is 59.7. The molecule has 0 unspecified atom stereocenters. The number of benzene rings is 2. The number of fused-ring (bicyclic) bond motifs is 5. The Morgan fingerprint density at radius 1 is 0.222 bits per heavy atom. The fourth-order valence-corrected chi connectivity index (χ4v) is 22.7. The molecule has 0 amide bonds. The average Bonchev–Trinajstić information content (AvgIpc) is 1.54. The molecule has 0 bridgehead atoms. The van der Waals surface area contributed by atoms with Gasteiger partial charge in [-0.1, -0.05) is 182 Å². The van der Waals surface area contributed by atoms with Gasteiger partial charge < -0.3 is 0 Å². The van der Waals surface area contributed by atoms with Gasteiger partial charge in [-0.25, -0.2) is 0 Å². The van der Waals surface area contributed by atoms with Gasteiger partial charge in [-0.15, -0.1) is 0 Å². The molecule has 0 aliphatic heterocycles. The van der Waals surface area contributed by atoms with E-state index in [1.165, 1.54) is 385 Å². The third kappa shape index (κ3) is 31.2. The Morgan fingerprint density at radius 3 is 0.644 bits per heavy atom. The van der Waals surface area contributed by atoms with Crippen LogP contribution in [0.3, 0.4) is 0 Å². The van der Waals surface area contributed by atoms with Crippen molar-refractivity contribution in [1.82, 2.24) is 0 Å². The normalized spacial score (nSPS) is 12.0. The molecule has 4 heterocycles. The van der Waals surface area contributed by atoms with Gasteiger partial charge in [-0.05, 0) is 0 Å². The Kier molecular flexibility index (Phi) is 44.7. The van der Waals surface area contributed by atoms with Crippen molar-refractivity contribution in [2.75, 3.05) is 0 Å². The van der Waals surface area contributed by atoms with E-state index in [9.17, 15) is 0 Å². The zero-order valence-corrected chi connectivity index (χ0v) is 64.7. The first-order valence-corrected chi connectivity index (χ1v) is 45.4. The van der Waals surface area contributed by atoms with E-state index in [4.69, 9.17) is 0 Å². The van der Waals surface area contributed by atoms with Crippen LogP contribution in [0, 0.1) is 0 Å². The van der Waals surface area contributed by atoms with E-state index < -0.39 is 0 Å². The molecule has 6 aromatic rings. The van der Waals surface area contributed by atoms with Gasteiger partial charge in [-0.2, -0.15) is 0 Å². The summed E-state index contributed by atoms with van der Waals surface area (Å²) in [6.07, 6.45) is 85.0. The predicted molar refractivity (Wildman–Crippen MR) is 416 cm³/mol. The fourth-order valence-electron chi connectivity index (χ4n) is 14.9. The van der Waals surface area contributed by atoms with E-state index in [0.717, 1.165) is 0 Å². The fraction of sp³-hybridized carbons (Fsp3) is 0.744. The predicted octanol–water partition coefficient (Wildman–Crippen LogP) is 30.8. The van der Waals surface area contributed by atoms with Crippen LogP contribution in [-0.2, 0) is 25.7 Å². The molecule has 0 radical (unpaired) electrons. The number of hydrogen-bond donors (Lipinski definition) is 0. The molecule has 6 rings (SSSR count). The summed E-state index contributed by atoms with van der Waals surface area (Å²) in [5.74, 6) is 0. The standard InChI is InChI=1S/C86H140S2Se2/c1-5-9-13-17-21-25-29-33-37-41-45-49-53-57-61-73-65-67-87-83(73)81-71-77-75(63-59-55-51-47-43-39-35-31-27-23-19-15-11-7-3)69-80-79(85(77)89-81)70-76(64-60-56-52-48-44-40-36-32-28-24-20-16-12-8-4)78-72-82(90-86(78)80)84-74(66-68-88-84)62-58-54-50-46-42-38-34-30-26-22-18-14-10-6-2/h65-72H,5-64H2,1-4H3. The topological polar surface area (TPSA) is 0 Å². The zero-order chi connectivity index (χ0) is 63.0. The molecule has 90 heavy (non-hydrogen) atoms. The van der Waals surface area contributed by atoms with Crippen LogP contribution in [0.1, 0.15) is 410 Å². The van der Waals surface area contributed by atoms with Crippen molar-refractivity contribution in [1.29, 1.82) is 0 Å². The molecule has 4 heteroatoms. The van der Waals surface area contributed by atoms with Crippen LogP contribution < -0.4 is 0 Å². The van der Waals surface area contributed by atoms with Gasteiger partial charge in [0.1, 0.15) is 0 Å². The van der Waals surface area contributed by atoms with Gasteiger partial charge in [0.25, 0.3) is 0 Å². The Hall–Kier alpha value is -1.38. The summed E-state index contributed by atoms with van der Waals surface area (Å²) >= 11 is 4.77. The van der Waals surface area contributed by atoms with Crippen molar-refractivity contribution in [3.63, 3.8) is 0 Å². The first kappa shape index (κ1) is 77.6. The first-order valence-electron chi connectivity index (χ1n) is 40.2. The second-order valence-electron chi connectivity index (χ2n) is 28.8. The second kappa shape index (κ2) is 51.8. The van der Waals surface area contributed by atoms with Crippen LogP contribution in [0.2, 0.25) is 0 Å². The molecular weight excluding hydrogens is 1250 g/mol. The minimum absolute atomic E-state index is 0.325. The maximum absolute atomic E-state index is 2.80. The van der Waals surface area contributed by atoms with Gasteiger partial charge in [0.2, 0.25) is 0 Å². The van der Waals surface area contributed by atoms with Crippen molar-refractivity contribution in [2.45, 2.75) is 413 Å². The van der Waals surface area contributed by atoms with Crippen molar-refractivity contribution in [3.8, 4) is 18.6 Å². The summed E-state index contributed by atoms with van der Waals surface area (Å²) in [6.45, 7) is 9.32. The molecule has 508 valence electrons. The third-order valence-corrected chi connectivity index (χ3v) is 28.3. The maximum atomic E-state index is 2.80. The van der Waals surface area contributed by atoms with Gasteiger partial charge >= 0.3 is 401 Å². The van der Waals surface area contributed by atoms with Crippen molar-refractivity contribution >= 4 is 81.7 Å². The molecule has 0 aliphatic carbocycles. The minimum atomic E-state index is 0.325. The van der Waals surface area contributed by atoms with E-state index >= 15 is 0 Å². The van der Waals surface area contributed by atoms with E-state index in [1.54, 1.807) is 70.9 Å². The summed E-state index contributed by atoms with van der Waals surface area (Å²) in [4.78, 5) is 3.27. The van der Waals surface area contributed by atoms with Gasteiger partial charge in [0, 0.05) is 0 Å². The molecule has 2 aromatic carbocycles. The molecule has 0 atom stereocenters. The van der Waals surface area contributed by atoms with E-state index in [2.05, 4.69) is 97.5 Å². The molecule has 0 saturated heterocycles. The molecule has 0 saturated carbocycles. The van der Waals surface area contributed by atoms with Crippen molar-refractivity contribution < 1.29 is 0 Å². The number of thiophene rings is 2. The van der Waals surface area contributed by atoms with Gasteiger partial charge in [0.15, 0.2) is 0 Å². The molecule has 0 nitrogen and oxygen atoms in total. The van der Waals surface area contributed by atoms with Crippen molar-refractivity contribution in [2.24, 2.45) is 0 Å². The number of rotatable bonds is 62. The number of aryl methyl sites for hydroxylation is 4. The Bertz CT molecular complexity index is 2450. The molecule has 0 aliphatic rings. The summed E-state index contributed by atoms with van der Waals surface area (Å²) in [7, 11) is 0. The number of hydrogen-bond acceptors (Lipinski definition) is 2.